The zero-order valence-corrected chi connectivity index (χ0v) is 12.7. The Kier molecular flexibility index (Phi) is 4.09. The van der Waals surface area contributed by atoms with Crippen molar-refractivity contribution in [2.45, 2.75) is 0 Å². The van der Waals surface area contributed by atoms with Crippen LogP contribution in [0, 0.1) is 10.1 Å². The highest BCUT2D eigenvalue weighted by Gasteiger charge is 2.21. The van der Waals surface area contributed by atoms with Crippen LogP contribution in [0.3, 0.4) is 0 Å². The number of likely N-dealkylation sites (N-methyl/N-ethyl adjacent to an activating group) is 1. The summed E-state index contributed by atoms with van der Waals surface area (Å²) in [6.07, 6.45) is 1.64. The second-order valence-electron chi connectivity index (χ2n) is 5.15. The number of pyridine rings is 1. The number of nitro groups is 1. The first-order chi connectivity index (χ1) is 11.2. The number of benzene rings is 1. The molecule has 0 bridgehead atoms. The fourth-order valence-corrected chi connectivity index (χ4v) is 2.43. The predicted molar refractivity (Wildman–Crippen MR) is 90.0 cm³/mol. The number of hydrogen-bond donors (Lipinski definition) is 1. The fourth-order valence-electron chi connectivity index (χ4n) is 2.43. The van der Waals surface area contributed by atoms with Gasteiger partial charge in [-0.1, -0.05) is 24.3 Å². The fraction of sp³-hybridized carbons (Fsp3) is 0.188. The molecule has 0 saturated carbocycles. The third-order valence-electron chi connectivity index (χ3n) is 3.61. The molecule has 0 aliphatic carbocycles. The van der Waals surface area contributed by atoms with E-state index in [2.05, 4.69) is 15.2 Å². The molecule has 0 aliphatic heterocycles. The first-order valence-corrected chi connectivity index (χ1v) is 7.28. The van der Waals surface area contributed by atoms with Gasteiger partial charge in [-0.25, -0.2) is 0 Å². The molecule has 7 nitrogen and oxygen atoms in total. The summed E-state index contributed by atoms with van der Waals surface area (Å²) in [5, 5.41) is 14.4. The van der Waals surface area contributed by atoms with E-state index in [0.29, 0.717) is 24.6 Å². The van der Waals surface area contributed by atoms with Gasteiger partial charge < -0.3 is 20.3 Å². The number of aromatic nitrogens is 2. The highest BCUT2D eigenvalue weighted by molar-refractivity contribution is 5.62. The Morgan fingerprint density at radius 2 is 1.96 bits per heavy atom. The molecule has 0 fully saturated rings. The van der Waals surface area contributed by atoms with E-state index in [-0.39, 0.29) is 5.82 Å². The lowest BCUT2D eigenvalue weighted by Crippen LogP contribution is -2.24. The monoisotopic (exact) mass is 311 g/mol. The maximum absolute atomic E-state index is 11.3. The summed E-state index contributed by atoms with van der Waals surface area (Å²) in [5.74, 6) is 0.255. The first-order valence-electron chi connectivity index (χ1n) is 7.28. The Morgan fingerprint density at radius 1 is 1.22 bits per heavy atom. The molecule has 7 heteroatoms. The summed E-state index contributed by atoms with van der Waals surface area (Å²) < 4.78 is 1.48. The molecular weight excluding hydrogens is 294 g/mol. The van der Waals surface area contributed by atoms with E-state index in [9.17, 15) is 10.1 Å². The van der Waals surface area contributed by atoms with Gasteiger partial charge in [0.05, 0.1) is 6.20 Å². The highest BCUT2D eigenvalue weighted by atomic mass is 16.6. The van der Waals surface area contributed by atoms with Crippen molar-refractivity contribution < 1.29 is 4.92 Å². The molecule has 23 heavy (non-hydrogen) atoms. The molecule has 1 aromatic carbocycles. The molecular formula is C16H17N5O2. The van der Waals surface area contributed by atoms with Crippen molar-refractivity contribution >= 4 is 23.0 Å². The summed E-state index contributed by atoms with van der Waals surface area (Å²) in [6.45, 7) is 1.26. The maximum Gasteiger partial charge on any atom is 0.372 e. The summed E-state index contributed by atoms with van der Waals surface area (Å²) >= 11 is 0. The van der Waals surface area contributed by atoms with Crippen LogP contribution in [0.2, 0.25) is 0 Å². The van der Waals surface area contributed by atoms with E-state index >= 15 is 0 Å². The second-order valence-corrected chi connectivity index (χ2v) is 5.15. The van der Waals surface area contributed by atoms with Crippen molar-refractivity contribution in [3.63, 3.8) is 0 Å². The molecule has 3 aromatic rings. The topological polar surface area (TPSA) is 75.7 Å². The Bertz CT molecular complexity index is 816. The lowest BCUT2D eigenvalue weighted by Gasteiger charge is -2.19. The van der Waals surface area contributed by atoms with Crippen LogP contribution in [0.15, 0.2) is 54.7 Å². The van der Waals surface area contributed by atoms with E-state index in [4.69, 9.17) is 0 Å². The van der Waals surface area contributed by atoms with Crippen molar-refractivity contribution in [2.75, 3.05) is 30.4 Å². The first kappa shape index (κ1) is 14.8. The number of anilines is 2. The van der Waals surface area contributed by atoms with Crippen LogP contribution < -0.4 is 10.2 Å². The number of fused-ring (bicyclic) bond motifs is 1. The van der Waals surface area contributed by atoms with Gasteiger partial charge in [0.2, 0.25) is 11.5 Å². The van der Waals surface area contributed by atoms with Crippen LogP contribution in [0.5, 0.6) is 0 Å². The van der Waals surface area contributed by atoms with Gasteiger partial charge in [0.1, 0.15) is 0 Å². The zero-order valence-electron chi connectivity index (χ0n) is 12.7. The predicted octanol–water partition coefficient (Wildman–Crippen LogP) is 2.79. The summed E-state index contributed by atoms with van der Waals surface area (Å²) in [4.78, 5) is 17.3. The molecule has 0 unspecified atom stereocenters. The minimum atomic E-state index is -0.413. The molecule has 0 aliphatic rings. The molecule has 0 atom stereocenters. The summed E-state index contributed by atoms with van der Waals surface area (Å²) in [7, 11) is 1.98. The number of nitrogens with zero attached hydrogens (tertiary/aromatic N) is 4. The van der Waals surface area contributed by atoms with Gasteiger partial charge in [0.15, 0.2) is 0 Å². The molecule has 1 N–H and O–H groups in total. The number of rotatable bonds is 6. The van der Waals surface area contributed by atoms with E-state index < -0.39 is 4.92 Å². The highest BCUT2D eigenvalue weighted by Crippen LogP contribution is 2.25. The van der Waals surface area contributed by atoms with E-state index in [1.807, 2.05) is 37.4 Å². The van der Waals surface area contributed by atoms with Gasteiger partial charge in [-0.3, -0.25) is 0 Å². The maximum atomic E-state index is 11.3. The van der Waals surface area contributed by atoms with Crippen LogP contribution in [-0.2, 0) is 0 Å². The molecule has 0 amide bonds. The van der Waals surface area contributed by atoms with Gasteiger partial charge >= 0.3 is 5.82 Å². The Labute approximate surface area is 133 Å². The van der Waals surface area contributed by atoms with Crippen molar-refractivity contribution in [2.24, 2.45) is 0 Å². The zero-order chi connectivity index (χ0) is 16.2. The van der Waals surface area contributed by atoms with Gasteiger partial charge in [-0.2, -0.15) is 9.38 Å². The summed E-state index contributed by atoms with van der Waals surface area (Å²) in [6, 6.07) is 15.3. The number of imidazole rings is 1. The number of para-hydroxylation sites is 1. The molecule has 2 aromatic heterocycles. The molecule has 0 radical (unpaired) electrons. The number of hydrogen-bond acceptors (Lipinski definition) is 5. The van der Waals surface area contributed by atoms with Crippen LogP contribution in [0.4, 0.5) is 17.3 Å². The third-order valence-corrected chi connectivity index (χ3v) is 3.61. The SMILES string of the molecule is CN(CCNc1nc2ccccn2c1[N+](=O)[O-])c1ccccc1. The lowest BCUT2D eigenvalue weighted by molar-refractivity contribution is -0.389. The van der Waals surface area contributed by atoms with Gasteiger partial charge in [0.25, 0.3) is 0 Å². The van der Waals surface area contributed by atoms with Crippen molar-refractivity contribution in [1.82, 2.24) is 9.38 Å². The smallest absolute Gasteiger partial charge is 0.372 e. The van der Waals surface area contributed by atoms with Gasteiger partial charge in [-0.05, 0) is 23.1 Å². The Balaban J connectivity index is 1.72. The minimum absolute atomic E-state index is 0.0389. The molecule has 118 valence electrons. The molecule has 0 saturated heterocycles. The average Bonchev–Trinajstić information content (AvgIpc) is 2.94. The second kappa shape index (κ2) is 6.35. The average molecular weight is 311 g/mol. The normalized spacial score (nSPS) is 10.7. The lowest BCUT2D eigenvalue weighted by atomic mass is 10.3. The van der Waals surface area contributed by atoms with Crippen molar-refractivity contribution in [3.05, 3.63) is 64.8 Å². The van der Waals surface area contributed by atoms with Crippen molar-refractivity contribution in [3.8, 4) is 0 Å². The minimum Gasteiger partial charge on any atom is -0.373 e. The van der Waals surface area contributed by atoms with Crippen LogP contribution >= 0.6 is 0 Å². The van der Waals surface area contributed by atoms with E-state index in [1.165, 1.54) is 4.40 Å². The largest absolute Gasteiger partial charge is 0.373 e. The van der Waals surface area contributed by atoms with Crippen molar-refractivity contribution in [1.29, 1.82) is 0 Å². The van der Waals surface area contributed by atoms with Gasteiger partial charge in [0, 0.05) is 31.9 Å². The quantitative estimate of drug-likeness (QED) is 0.559. The summed E-state index contributed by atoms with van der Waals surface area (Å²) in [5.41, 5.74) is 1.65. The van der Waals surface area contributed by atoms with Crippen LogP contribution in [-0.4, -0.2) is 34.4 Å². The van der Waals surface area contributed by atoms with Gasteiger partial charge in [-0.15, -0.1) is 0 Å². The van der Waals surface area contributed by atoms with E-state index in [1.54, 1.807) is 24.4 Å². The Hall–Kier alpha value is -3.09. The van der Waals surface area contributed by atoms with E-state index in [0.717, 1.165) is 5.69 Å². The molecule has 2 heterocycles. The third kappa shape index (κ3) is 3.08. The molecule has 3 rings (SSSR count). The Morgan fingerprint density at radius 3 is 2.70 bits per heavy atom. The van der Waals surface area contributed by atoms with Crippen LogP contribution in [0.1, 0.15) is 0 Å². The standard InChI is InChI=1S/C16H17N5O2/c1-19(13-7-3-2-4-8-13)12-10-17-15-16(21(22)23)20-11-6-5-9-14(20)18-15/h2-9,11,17H,10,12H2,1H3. The molecule has 0 spiro atoms. The number of nitrogens with one attached hydrogen (secondary N) is 1. The van der Waals surface area contributed by atoms with Crippen LogP contribution in [0.25, 0.3) is 5.65 Å².